The number of hydrogen-bond acceptors (Lipinski definition) is 5. The molecule has 7 heteroatoms. The number of carbonyl (C=O) groups is 1. The van der Waals surface area contributed by atoms with E-state index in [2.05, 4.69) is 20.2 Å². The van der Waals surface area contributed by atoms with Crippen molar-refractivity contribution >= 4 is 17.7 Å². The quantitative estimate of drug-likeness (QED) is 0.684. The van der Waals surface area contributed by atoms with Gasteiger partial charge in [0.2, 0.25) is 11.1 Å². The summed E-state index contributed by atoms with van der Waals surface area (Å²) in [5.41, 5.74) is 1.90. The minimum absolute atomic E-state index is 0.140. The molecule has 0 bridgehead atoms. The van der Waals surface area contributed by atoms with Crippen LogP contribution in [0.4, 0.5) is 0 Å². The van der Waals surface area contributed by atoms with Crippen LogP contribution in [-0.4, -0.2) is 44.1 Å². The first-order valence-corrected chi connectivity index (χ1v) is 10.0. The van der Waals surface area contributed by atoms with Gasteiger partial charge in [0.05, 0.1) is 0 Å². The molecule has 1 N–H and O–H groups in total. The number of aromatic amines is 1. The van der Waals surface area contributed by atoms with E-state index in [4.69, 9.17) is 0 Å². The second kappa shape index (κ2) is 8.35. The first kappa shape index (κ1) is 17.7. The first-order valence-electron chi connectivity index (χ1n) is 9.14. The number of hydrogen-bond donors (Lipinski definition) is 1. The van der Waals surface area contributed by atoms with Crippen LogP contribution in [0.3, 0.4) is 0 Å². The molecule has 0 spiro atoms. The van der Waals surface area contributed by atoms with Gasteiger partial charge in [0.25, 0.3) is 0 Å². The SMILES string of the molecule is O=C([C@@H](Sc1n[nH]c(-c2ccncc2)n1)c1ccccc1)N1CCCCC1. The molecule has 1 atom stereocenters. The number of benzene rings is 1. The minimum Gasteiger partial charge on any atom is -0.341 e. The number of thioether (sulfide) groups is 1. The molecule has 0 unspecified atom stereocenters. The van der Waals surface area contributed by atoms with Crippen molar-refractivity contribution in [3.8, 4) is 11.4 Å². The molecule has 3 heterocycles. The summed E-state index contributed by atoms with van der Waals surface area (Å²) in [6.07, 6.45) is 6.79. The molecule has 1 amide bonds. The predicted molar refractivity (Wildman–Crippen MR) is 105 cm³/mol. The van der Waals surface area contributed by atoms with Gasteiger partial charge in [-0.05, 0) is 37.0 Å². The van der Waals surface area contributed by atoms with Crippen molar-refractivity contribution in [2.24, 2.45) is 0 Å². The van der Waals surface area contributed by atoms with Crippen LogP contribution in [0.2, 0.25) is 0 Å². The Labute approximate surface area is 162 Å². The maximum Gasteiger partial charge on any atom is 0.240 e. The highest BCUT2D eigenvalue weighted by Crippen LogP contribution is 2.36. The van der Waals surface area contributed by atoms with E-state index in [1.165, 1.54) is 18.2 Å². The lowest BCUT2D eigenvalue weighted by Gasteiger charge is -2.30. The van der Waals surface area contributed by atoms with Crippen LogP contribution in [0.1, 0.15) is 30.1 Å². The fraction of sp³-hybridized carbons (Fsp3) is 0.300. The Hall–Kier alpha value is -2.67. The maximum atomic E-state index is 13.2. The van der Waals surface area contributed by atoms with E-state index in [-0.39, 0.29) is 11.2 Å². The van der Waals surface area contributed by atoms with Crippen LogP contribution in [0.15, 0.2) is 60.0 Å². The largest absolute Gasteiger partial charge is 0.341 e. The van der Waals surface area contributed by atoms with E-state index < -0.39 is 0 Å². The Morgan fingerprint density at radius 3 is 2.52 bits per heavy atom. The Morgan fingerprint density at radius 2 is 1.78 bits per heavy atom. The van der Waals surface area contributed by atoms with Crippen molar-refractivity contribution < 1.29 is 4.79 Å². The summed E-state index contributed by atoms with van der Waals surface area (Å²) in [5, 5.41) is 7.51. The van der Waals surface area contributed by atoms with Gasteiger partial charge in [-0.15, -0.1) is 5.10 Å². The molecule has 2 aromatic heterocycles. The number of carbonyl (C=O) groups excluding carboxylic acids is 1. The molecule has 6 nitrogen and oxygen atoms in total. The van der Waals surface area contributed by atoms with Gasteiger partial charge >= 0.3 is 0 Å². The number of piperidine rings is 1. The zero-order valence-corrected chi connectivity index (χ0v) is 15.7. The average molecular weight is 379 g/mol. The molecule has 27 heavy (non-hydrogen) atoms. The van der Waals surface area contributed by atoms with Crippen LogP contribution < -0.4 is 0 Å². The summed E-state index contributed by atoms with van der Waals surface area (Å²) >= 11 is 1.40. The number of amides is 1. The van der Waals surface area contributed by atoms with E-state index >= 15 is 0 Å². The third-order valence-electron chi connectivity index (χ3n) is 4.64. The van der Waals surface area contributed by atoms with Gasteiger partial charge in [0, 0.05) is 31.0 Å². The fourth-order valence-electron chi connectivity index (χ4n) is 3.21. The van der Waals surface area contributed by atoms with E-state index in [1.54, 1.807) is 12.4 Å². The molecule has 0 radical (unpaired) electrons. The lowest BCUT2D eigenvalue weighted by molar-refractivity contribution is -0.131. The zero-order valence-electron chi connectivity index (χ0n) is 14.9. The topological polar surface area (TPSA) is 74.8 Å². The Morgan fingerprint density at radius 1 is 1.04 bits per heavy atom. The number of pyridine rings is 1. The standard InChI is InChI=1S/C20H21N5OS/c26-19(25-13-5-2-6-14-25)17(15-7-3-1-4-8-15)27-20-22-18(23-24-20)16-9-11-21-12-10-16/h1,3-4,7-12,17H,2,5-6,13-14H2,(H,22,23,24)/t17-/m0/s1. The normalized spacial score (nSPS) is 15.5. The minimum atomic E-state index is -0.342. The summed E-state index contributed by atoms with van der Waals surface area (Å²) in [6.45, 7) is 1.66. The highest BCUT2D eigenvalue weighted by Gasteiger charge is 2.29. The molecule has 1 aromatic carbocycles. The molecule has 4 rings (SSSR count). The summed E-state index contributed by atoms with van der Waals surface area (Å²) in [6, 6.07) is 13.6. The molecule has 1 fully saturated rings. The Kier molecular flexibility index (Phi) is 5.48. The maximum absolute atomic E-state index is 13.2. The second-order valence-electron chi connectivity index (χ2n) is 6.50. The van der Waals surface area contributed by atoms with Gasteiger partial charge in [-0.3, -0.25) is 14.9 Å². The summed E-state index contributed by atoms with van der Waals surface area (Å²) in [7, 11) is 0. The lowest BCUT2D eigenvalue weighted by Crippen LogP contribution is -2.38. The van der Waals surface area contributed by atoms with Crippen molar-refractivity contribution in [3.63, 3.8) is 0 Å². The number of aromatic nitrogens is 4. The van der Waals surface area contributed by atoms with Gasteiger partial charge < -0.3 is 4.90 Å². The molecule has 1 aliphatic heterocycles. The molecule has 3 aromatic rings. The average Bonchev–Trinajstić information content (AvgIpc) is 3.22. The van der Waals surface area contributed by atoms with Gasteiger partial charge in [-0.2, -0.15) is 0 Å². The lowest BCUT2D eigenvalue weighted by atomic mass is 10.1. The third kappa shape index (κ3) is 4.19. The first-order chi connectivity index (χ1) is 13.3. The summed E-state index contributed by atoms with van der Waals surface area (Å²) in [4.78, 5) is 23.8. The van der Waals surface area contributed by atoms with Gasteiger partial charge in [0.15, 0.2) is 5.82 Å². The molecular weight excluding hydrogens is 358 g/mol. The molecular formula is C20H21N5OS. The molecule has 1 aliphatic rings. The van der Waals surface area contributed by atoms with E-state index in [9.17, 15) is 4.79 Å². The van der Waals surface area contributed by atoms with Crippen LogP contribution in [0, 0.1) is 0 Å². The molecule has 0 aliphatic carbocycles. The van der Waals surface area contributed by atoms with Crippen molar-refractivity contribution in [2.45, 2.75) is 29.7 Å². The van der Waals surface area contributed by atoms with Gasteiger partial charge in [0.1, 0.15) is 5.25 Å². The van der Waals surface area contributed by atoms with Crippen LogP contribution in [0.25, 0.3) is 11.4 Å². The van der Waals surface area contributed by atoms with E-state index in [0.717, 1.165) is 37.1 Å². The van der Waals surface area contributed by atoms with Crippen molar-refractivity contribution in [1.82, 2.24) is 25.1 Å². The van der Waals surface area contributed by atoms with Crippen molar-refractivity contribution in [1.29, 1.82) is 0 Å². The smallest absolute Gasteiger partial charge is 0.240 e. The van der Waals surface area contributed by atoms with Crippen molar-refractivity contribution in [3.05, 3.63) is 60.4 Å². The van der Waals surface area contributed by atoms with Crippen molar-refractivity contribution in [2.75, 3.05) is 13.1 Å². The molecule has 138 valence electrons. The monoisotopic (exact) mass is 379 g/mol. The molecule has 0 saturated carbocycles. The Balaban J connectivity index is 1.58. The van der Waals surface area contributed by atoms with Gasteiger partial charge in [-0.25, -0.2) is 4.98 Å². The Bertz CT molecular complexity index is 878. The highest BCUT2D eigenvalue weighted by molar-refractivity contribution is 8.00. The fourth-order valence-corrected chi connectivity index (χ4v) is 4.21. The van der Waals surface area contributed by atoms with Crippen LogP contribution in [0.5, 0.6) is 0 Å². The van der Waals surface area contributed by atoms with E-state index in [0.29, 0.717) is 11.0 Å². The molecule has 1 saturated heterocycles. The van der Waals surface area contributed by atoms with Gasteiger partial charge in [-0.1, -0.05) is 42.1 Å². The zero-order chi connectivity index (χ0) is 18.5. The summed E-state index contributed by atoms with van der Waals surface area (Å²) in [5.74, 6) is 0.818. The van der Waals surface area contributed by atoms with E-state index in [1.807, 2.05) is 47.4 Å². The second-order valence-corrected chi connectivity index (χ2v) is 7.57. The number of likely N-dealkylation sites (tertiary alicyclic amines) is 1. The number of nitrogens with one attached hydrogen (secondary N) is 1. The predicted octanol–water partition coefficient (Wildman–Crippen LogP) is 3.71. The number of nitrogens with zero attached hydrogens (tertiary/aromatic N) is 4. The van der Waals surface area contributed by atoms with Crippen LogP contribution >= 0.6 is 11.8 Å². The third-order valence-corrected chi connectivity index (χ3v) is 5.74. The highest BCUT2D eigenvalue weighted by atomic mass is 32.2. The summed E-state index contributed by atoms with van der Waals surface area (Å²) < 4.78 is 0. The number of H-pyrrole nitrogens is 1. The van der Waals surface area contributed by atoms with Crippen LogP contribution in [-0.2, 0) is 4.79 Å². The number of rotatable bonds is 5.